The Morgan fingerprint density at radius 2 is 2.15 bits per heavy atom. The fourth-order valence-corrected chi connectivity index (χ4v) is 3.44. The molecule has 1 fully saturated rings. The highest BCUT2D eigenvalue weighted by atomic mass is 16.5. The van der Waals surface area contributed by atoms with Gasteiger partial charge in [0.2, 0.25) is 0 Å². The Balaban J connectivity index is 2.36. The average Bonchev–Trinajstić information content (AvgIpc) is 2.77. The second kappa shape index (κ2) is 8.64. The molecule has 3 atom stereocenters. The molecule has 0 saturated heterocycles. The third-order valence-electron chi connectivity index (χ3n) is 4.36. The van der Waals surface area contributed by atoms with Gasteiger partial charge < -0.3 is 4.74 Å². The van der Waals surface area contributed by atoms with Crippen LogP contribution in [0, 0.1) is 23.2 Å². The number of hydrogen-bond acceptors (Lipinski definition) is 3. The lowest BCUT2D eigenvalue weighted by atomic mass is 9.85. The fraction of sp³-hybridized carbons (Fsp3) is 0.941. The Morgan fingerprint density at radius 1 is 1.40 bits per heavy atom. The zero-order valence-corrected chi connectivity index (χ0v) is 13.7. The Labute approximate surface area is 125 Å². The van der Waals surface area contributed by atoms with Crippen LogP contribution in [0.5, 0.6) is 0 Å². The van der Waals surface area contributed by atoms with Crippen molar-refractivity contribution in [1.29, 1.82) is 5.26 Å². The molecule has 0 aromatic rings. The maximum atomic E-state index is 9.60. The van der Waals surface area contributed by atoms with Gasteiger partial charge >= 0.3 is 0 Å². The number of nitriles is 1. The normalized spacial score (nSPS) is 27.7. The van der Waals surface area contributed by atoms with Crippen molar-refractivity contribution >= 4 is 0 Å². The topological polar surface area (TPSA) is 45.0 Å². The first-order chi connectivity index (χ1) is 9.54. The van der Waals surface area contributed by atoms with E-state index < -0.39 is 0 Å². The van der Waals surface area contributed by atoms with Crippen LogP contribution in [0.25, 0.3) is 0 Å². The van der Waals surface area contributed by atoms with Crippen LogP contribution >= 0.6 is 0 Å². The molecule has 116 valence electrons. The summed E-state index contributed by atoms with van der Waals surface area (Å²) < 4.78 is 5.82. The smallest absolute Gasteiger partial charge is 0.109 e. The van der Waals surface area contributed by atoms with Crippen molar-refractivity contribution in [3.8, 4) is 6.07 Å². The molecule has 3 unspecified atom stereocenters. The number of rotatable bonds is 9. The van der Waals surface area contributed by atoms with Gasteiger partial charge in [-0.1, -0.05) is 26.7 Å². The lowest BCUT2D eigenvalue weighted by molar-refractivity contribution is 0.0839. The van der Waals surface area contributed by atoms with Gasteiger partial charge in [0.25, 0.3) is 0 Å². The van der Waals surface area contributed by atoms with Gasteiger partial charge in [0.15, 0.2) is 0 Å². The molecular formula is C17H32N2O. The van der Waals surface area contributed by atoms with Gasteiger partial charge in [0.1, 0.15) is 5.54 Å². The van der Waals surface area contributed by atoms with Crippen molar-refractivity contribution in [2.75, 3.05) is 13.2 Å². The van der Waals surface area contributed by atoms with Gasteiger partial charge in [0, 0.05) is 19.3 Å². The molecule has 1 aliphatic carbocycles. The minimum Gasteiger partial charge on any atom is -0.381 e. The van der Waals surface area contributed by atoms with E-state index in [-0.39, 0.29) is 5.54 Å². The fourth-order valence-electron chi connectivity index (χ4n) is 3.44. The number of nitrogens with one attached hydrogen (secondary N) is 1. The predicted octanol–water partition coefficient (Wildman–Crippen LogP) is 3.89. The third kappa shape index (κ3) is 5.07. The van der Waals surface area contributed by atoms with Crippen LogP contribution in [0.3, 0.4) is 0 Å². The Morgan fingerprint density at radius 3 is 2.75 bits per heavy atom. The molecule has 1 N–H and O–H groups in total. The van der Waals surface area contributed by atoms with E-state index in [4.69, 9.17) is 4.74 Å². The highest BCUT2D eigenvalue weighted by Gasteiger charge is 2.43. The summed E-state index contributed by atoms with van der Waals surface area (Å²) in [5, 5.41) is 13.1. The Bertz CT molecular complexity index is 311. The van der Waals surface area contributed by atoms with E-state index in [0.29, 0.717) is 17.9 Å². The van der Waals surface area contributed by atoms with Crippen molar-refractivity contribution in [2.24, 2.45) is 11.8 Å². The minimum atomic E-state index is -0.313. The van der Waals surface area contributed by atoms with E-state index in [9.17, 15) is 5.26 Å². The summed E-state index contributed by atoms with van der Waals surface area (Å²) in [6.07, 6.45) is 6.76. The molecule has 0 amide bonds. The van der Waals surface area contributed by atoms with Crippen molar-refractivity contribution in [3.63, 3.8) is 0 Å². The number of hydrogen-bond donors (Lipinski definition) is 1. The van der Waals surface area contributed by atoms with E-state index in [0.717, 1.165) is 38.9 Å². The minimum absolute atomic E-state index is 0.313. The zero-order valence-electron chi connectivity index (χ0n) is 13.7. The molecule has 0 radical (unpaired) electrons. The van der Waals surface area contributed by atoms with Gasteiger partial charge in [0.05, 0.1) is 6.07 Å². The number of nitrogens with zero attached hydrogens (tertiary/aromatic N) is 1. The first-order valence-electron chi connectivity index (χ1n) is 8.30. The summed E-state index contributed by atoms with van der Waals surface area (Å²) >= 11 is 0. The highest BCUT2D eigenvalue weighted by Crippen LogP contribution is 2.38. The molecule has 0 bridgehead atoms. The molecule has 1 saturated carbocycles. The summed E-state index contributed by atoms with van der Waals surface area (Å²) in [5.74, 6) is 1.09. The molecular weight excluding hydrogens is 248 g/mol. The molecule has 1 aliphatic rings. The summed E-state index contributed by atoms with van der Waals surface area (Å²) in [5.41, 5.74) is -0.313. The molecule has 0 aromatic carbocycles. The van der Waals surface area contributed by atoms with Gasteiger partial charge in [-0.05, 0) is 51.4 Å². The van der Waals surface area contributed by atoms with Crippen LogP contribution in [0.2, 0.25) is 0 Å². The van der Waals surface area contributed by atoms with Gasteiger partial charge in [-0.15, -0.1) is 0 Å². The molecule has 3 nitrogen and oxygen atoms in total. The van der Waals surface area contributed by atoms with Crippen LogP contribution in [0.4, 0.5) is 0 Å². The Hall–Kier alpha value is -0.590. The average molecular weight is 280 g/mol. The number of ether oxygens (including phenoxy) is 1. The monoisotopic (exact) mass is 280 g/mol. The van der Waals surface area contributed by atoms with Crippen LogP contribution in [0.1, 0.15) is 66.2 Å². The van der Waals surface area contributed by atoms with Crippen molar-refractivity contribution < 1.29 is 4.74 Å². The molecule has 0 aromatic heterocycles. The first-order valence-corrected chi connectivity index (χ1v) is 8.30. The van der Waals surface area contributed by atoms with Gasteiger partial charge in [-0.3, -0.25) is 5.32 Å². The standard InChI is InChI=1S/C17H32N2O/c1-5-7-15(4)12-20-11-9-16-8-6-10-17(16,13-18)19-14(2)3/h14-16,19H,5-12H2,1-4H3. The molecule has 20 heavy (non-hydrogen) atoms. The van der Waals surface area contributed by atoms with Crippen LogP contribution in [-0.4, -0.2) is 24.8 Å². The molecule has 0 heterocycles. The van der Waals surface area contributed by atoms with E-state index in [1.54, 1.807) is 0 Å². The Kier molecular flexibility index (Phi) is 7.55. The van der Waals surface area contributed by atoms with E-state index in [1.165, 1.54) is 12.8 Å². The quantitative estimate of drug-likeness (QED) is 0.652. The first kappa shape index (κ1) is 17.5. The lowest BCUT2D eigenvalue weighted by Crippen LogP contribution is -2.50. The van der Waals surface area contributed by atoms with E-state index in [2.05, 4.69) is 39.1 Å². The van der Waals surface area contributed by atoms with Crippen LogP contribution < -0.4 is 5.32 Å². The van der Waals surface area contributed by atoms with E-state index >= 15 is 0 Å². The summed E-state index contributed by atoms with van der Waals surface area (Å²) in [6, 6.07) is 2.92. The third-order valence-corrected chi connectivity index (χ3v) is 4.36. The van der Waals surface area contributed by atoms with Crippen LogP contribution in [0.15, 0.2) is 0 Å². The maximum Gasteiger partial charge on any atom is 0.109 e. The maximum absolute atomic E-state index is 9.60. The summed E-state index contributed by atoms with van der Waals surface area (Å²) in [7, 11) is 0. The molecule has 1 rings (SSSR count). The second-order valence-corrected chi connectivity index (χ2v) is 6.73. The van der Waals surface area contributed by atoms with Gasteiger partial charge in [-0.2, -0.15) is 5.26 Å². The SMILES string of the molecule is CCCC(C)COCCC1CCCC1(C#N)NC(C)C. The largest absolute Gasteiger partial charge is 0.381 e. The molecule has 0 spiro atoms. The second-order valence-electron chi connectivity index (χ2n) is 6.73. The lowest BCUT2D eigenvalue weighted by Gasteiger charge is -2.32. The molecule has 3 heteroatoms. The molecule has 0 aliphatic heterocycles. The van der Waals surface area contributed by atoms with Crippen molar-refractivity contribution in [2.45, 2.75) is 77.8 Å². The van der Waals surface area contributed by atoms with Crippen molar-refractivity contribution in [3.05, 3.63) is 0 Å². The summed E-state index contributed by atoms with van der Waals surface area (Å²) in [4.78, 5) is 0. The predicted molar refractivity (Wildman–Crippen MR) is 83.5 cm³/mol. The highest BCUT2D eigenvalue weighted by molar-refractivity contribution is 5.14. The van der Waals surface area contributed by atoms with Gasteiger partial charge in [-0.25, -0.2) is 0 Å². The van der Waals surface area contributed by atoms with E-state index in [1.807, 2.05) is 0 Å². The van der Waals surface area contributed by atoms with Crippen molar-refractivity contribution in [1.82, 2.24) is 5.32 Å². The zero-order chi connectivity index (χ0) is 15.0. The van der Waals surface area contributed by atoms with Crippen LogP contribution in [-0.2, 0) is 4.74 Å². The summed E-state index contributed by atoms with van der Waals surface area (Å²) in [6.45, 7) is 10.4.